The van der Waals surface area contributed by atoms with Crippen LogP contribution in [-0.2, 0) is 16.0 Å². The Morgan fingerprint density at radius 1 is 1.32 bits per heavy atom. The second-order valence-electron chi connectivity index (χ2n) is 3.82. The third kappa shape index (κ3) is 3.87. The molecule has 2 heterocycles. The van der Waals surface area contributed by atoms with E-state index in [-0.39, 0.29) is 6.29 Å². The molecule has 0 aliphatic carbocycles. The number of ether oxygens (including phenoxy) is 2. The molecule has 19 heavy (non-hydrogen) atoms. The molecule has 2 aromatic heterocycles. The smallest absolute Gasteiger partial charge is 0.240 e. The first kappa shape index (κ1) is 13.7. The Kier molecular flexibility index (Phi) is 5.05. The molecule has 7 heteroatoms. The van der Waals surface area contributed by atoms with Gasteiger partial charge in [0, 0.05) is 19.6 Å². The number of hydrogen-bond donors (Lipinski definition) is 0. The molecule has 0 aliphatic rings. The lowest BCUT2D eigenvalue weighted by molar-refractivity contribution is -0.141. The Bertz CT molecular complexity index is 463. The number of furan rings is 1. The van der Waals surface area contributed by atoms with Crippen LogP contribution in [-0.4, -0.2) is 39.7 Å². The lowest BCUT2D eigenvalue weighted by atomic mass is 10.4. The van der Waals surface area contributed by atoms with Gasteiger partial charge in [-0.3, -0.25) is 0 Å². The average Bonchev–Trinajstić information content (AvgIpc) is 3.07. The molecule has 2 rings (SSSR count). The highest BCUT2D eigenvalue weighted by Gasteiger charge is 2.11. The zero-order valence-electron chi connectivity index (χ0n) is 11.2. The van der Waals surface area contributed by atoms with Gasteiger partial charge in [0.05, 0.1) is 12.8 Å². The summed E-state index contributed by atoms with van der Waals surface area (Å²) in [6.45, 7) is 5.70. The summed E-state index contributed by atoms with van der Waals surface area (Å²) in [4.78, 5) is 1.52. The van der Waals surface area contributed by atoms with Crippen LogP contribution in [0.2, 0.25) is 0 Å². The Morgan fingerprint density at radius 2 is 2.11 bits per heavy atom. The number of rotatable bonds is 8. The summed E-state index contributed by atoms with van der Waals surface area (Å²) in [5.74, 6) is 1.09. The van der Waals surface area contributed by atoms with E-state index < -0.39 is 0 Å². The fourth-order valence-electron chi connectivity index (χ4n) is 1.65. The average molecular weight is 266 g/mol. The third-order valence-electron chi connectivity index (χ3n) is 2.46. The molecule has 0 aliphatic heterocycles. The van der Waals surface area contributed by atoms with Crippen molar-refractivity contribution in [3.05, 3.63) is 18.4 Å². The maximum absolute atomic E-state index is 5.45. The molecule has 0 spiro atoms. The first-order chi connectivity index (χ1) is 9.33. The van der Waals surface area contributed by atoms with Gasteiger partial charge in [-0.15, -0.1) is 10.2 Å². The zero-order valence-corrected chi connectivity index (χ0v) is 11.2. The van der Waals surface area contributed by atoms with Gasteiger partial charge in [0.15, 0.2) is 12.1 Å². The van der Waals surface area contributed by atoms with E-state index in [1.165, 1.54) is 4.80 Å². The summed E-state index contributed by atoms with van der Waals surface area (Å²) >= 11 is 0. The van der Waals surface area contributed by atoms with Gasteiger partial charge in [0.1, 0.15) is 0 Å². The number of hydrogen-bond acceptors (Lipinski definition) is 6. The van der Waals surface area contributed by atoms with Crippen molar-refractivity contribution in [1.29, 1.82) is 0 Å². The third-order valence-corrected chi connectivity index (χ3v) is 2.46. The maximum atomic E-state index is 5.45. The molecule has 0 atom stereocenters. The summed E-state index contributed by atoms with van der Waals surface area (Å²) in [7, 11) is 0. The van der Waals surface area contributed by atoms with Crippen LogP contribution < -0.4 is 0 Å². The minimum atomic E-state index is -0.229. The molecule has 0 saturated heterocycles. The van der Waals surface area contributed by atoms with Gasteiger partial charge >= 0.3 is 0 Å². The van der Waals surface area contributed by atoms with Crippen molar-refractivity contribution in [3.63, 3.8) is 0 Å². The fourth-order valence-corrected chi connectivity index (χ4v) is 1.65. The highest BCUT2D eigenvalue weighted by atomic mass is 16.7. The summed E-state index contributed by atoms with van der Waals surface area (Å²) < 4.78 is 16.1. The highest BCUT2D eigenvalue weighted by molar-refractivity contribution is 5.43. The summed E-state index contributed by atoms with van der Waals surface area (Å²) in [6.07, 6.45) is 2.03. The molecule has 0 fully saturated rings. The molecule has 0 unspecified atom stereocenters. The second-order valence-corrected chi connectivity index (χ2v) is 3.82. The Balaban J connectivity index is 1.89. The molecule has 7 nitrogen and oxygen atoms in total. The van der Waals surface area contributed by atoms with Crippen molar-refractivity contribution in [1.82, 2.24) is 20.2 Å². The number of nitrogens with zero attached hydrogens (tertiary/aromatic N) is 4. The van der Waals surface area contributed by atoms with Crippen molar-refractivity contribution in [2.75, 3.05) is 13.2 Å². The zero-order chi connectivity index (χ0) is 13.5. The largest absolute Gasteiger partial charge is 0.461 e. The van der Waals surface area contributed by atoms with Crippen LogP contribution in [0, 0.1) is 0 Å². The molecule has 0 radical (unpaired) electrons. The fraction of sp³-hybridized carbons (Fsp3) is 0.583. The molecule has 0 bridgehead atoms. The lowest BCUT2D eigenvalue weighted by Gasteiger charge is -2.15. The standard InChI is InChI=1S/C12H18N4O3/c1-3-17-11(18-4-2)7-8-16-14-12(13-15-16)10-6-5-9-19-10/h5-6,9,11H,3-4,7-8H2,1-2H3. The Labute approximate surface area is 111 Å². The van der Waals surface area contributed by atoms with Gasteiger partial charge in [-0.1, -0.05) is 0 Å². The molecule has 0 saturated carbocycles. The van der Waals surface area contributed by atoms with E-state index in [9.17, 15) is 0 Å². The van der Waals surface area contributed by atoms with E-state index in [1.807, 2.05) is 13.8 Å². The van der Waals surface area contributed by atoms with Crippen molar-refractivity contribution in [3.8, 4) is 11.6 Å². The summed E-state index contributed by atoms with van der Waals surface area (Å²) in [5.41, 5.74) is 0. The van der Waals surface area contributed by atoms with Gasteiger partial charge in [-0.05, 0) is 31.2 Å². The lowest BCUT2D eigenvalue weighted by Crippen LogP contribution is -2.20. The first-order valence-corrected chi connectivity index (χ1v) is 6.38. The van der Waals surface area contributed by atoms with E-state index in [0.717, 1.165) is 0 Å². The second kappa shape index (κ2) is 7.01. The molecular formula is C12H18N4O3. The van der Waals surface area contributed by atoms with Gasteiger partial charge in [0.2, 0.25) is 5.82 Å². The Morgan fingerprint density at radius 3 is 2.74 bits per heavy atom. The van der Waals surface area contributed by atoms with Crippen LogP contribution in [0.3, 0.4) is 0 Å². The minimum Gasteiger partial charge on any atom is -0.461 e. The molecule has 0 aromatic carbocycles. The Hall–Kier alpha value is -1.73. The number of tetrazole rings is 1. The highest BCUT2D eigenvalue weighted by Crippen LogP contribution is 2.13. The van der Waals surface area contributed by atoms with E-state index in [4.69, 9.17) is 13.9 Å². The SMILES string of the molecule is CCOC(CCn1nnc(-c2ccco2)n1)OCC. The van der Waals surface area contributed by atoms with Crippen molar-refractivity contribution >= 4 is 0 Å². The van der Waals surface area contributed by atoms with Crippen LogP contribution >= 0.6 is 0 Å². The van der Waals surface area contributed by atoms with E-state index in [2.05, 4.69) is 15.4 Å². The summed E-state index contributed by atoms with van der Waals surface area (Å²) in [6, 6.07) is 3.58. The molecule has 104 valence electrons. The molecule has 0 N–H and O–H groups in total. The van der Waals surface area contributed by atoms with Crippen LogP contribution in [0.5, 0.6) is 0 Å². The predicted octanol–water partition coefficient (Wildman–Crippen LogP) is 1.72. The van der Waals surface area contributed by atoms with Gasteiger partial charge in [0.25, 0.3) is 0 Å². The normalized spacial score (nSPS) is 11.3. The van der Waals surface area contributed by atoms with Crippen LogP contribution in [0.1, 0.15) is 20.3 Å². The first-order valence-electron chi connectivity index (χ1n) is 6.38. The van der Waals surface area contributed by atoms with Crippen molar-refractivity contribution in [2.24, 2.45) is 0 Å². The van der Waals surface area contributed by atoms with Gasteiger partial charge in [-0.25, -0.2) is 0 Å². The number of aromatic nitrogens is 4. The monoisotopic (exact) mass is 266 g/mol. The van der Waals surface area contributed by atoms with Gasteiger partial charge < -0.3 is 13.9 Å². The topological polar surface area (TPSA) is 75.2 Å². The summed E-state index contributed by atoms with van der Waals surface area (Å²) in [5, 5.41) is 12.1. The van der Waals surface area contributed by atoms with Crippen molar-refractivity contribution in [2.45, 2.75) is 33.1 Å². The van der Waals surface area contributed by atoms with Gasteiger partial charge in [-0.2, -0.15) is 4.80 Å². The van der Waals surface area contributed by atoms with Crippen LogP contribution in [0.4, 0.5) is 0 Å². The molecule has 2 aromatic rings. The van der Waals surface area contributed by atoms with E-state index >= 15 is 0 Å². The van der Waals surface area contributed by atoms with E-state index in [1.54, 1.807) is 18.4 Å². The number of aryl methyl sites for hydroxylation is 1. The predicted molar refractivity (Wildman–Crippen MR) is 67.2 cm³/mol. The van der Waals surface area contributed by atoms with Crippen LogP contribution in [0.25, 0.3) is 11.6 Å². The van der Waals surface area contributed by atoms with Crippen molar-refractivity contribution < 1.29 is 13.9 Å². The van der Waals surface area contributed by atoms with Crippen LogP contribution in [0.15, 0.2) is 22.8 Å². The van der Waals surface area contributed by atoms with E-state index in [0.29, 0.717) is 37.8 Å². The maximum Gasteiger partial charge on any atom is 0.240 e. The molecular weight excluding hydrogens is 248 g/mol. The quantitative estimate of drug-likeness (QED) is 0.677. The minimum absolute atomic E-state index is 0.229. The molecule has 0 amide bonds.